The van der Waals surface area contributed by atoms with Crippen molar-refractivity contribution in [2.75, 3.05) is 27.2 Å². The molecule has 0 bridgehead atoms. The first-order chi connectivity index (χ1) is 9.49. The second-order valence-corrected chi connectivity index (χ2v) is 5.88. The highest BCUT2D eigenvalue weighted by molar-refractivity contribution is 5.29. The lowest BCUT2D eigenvalue weighted by molar-refractivity contribution is 0.188. The Labute approximate surface area is 124 Å². The van der Waals surface area contributed by atoms with E-state index in [0.717, 1.165) is 18.8 Å². The Morgan fingerprint density at radius 2 is 1.75 bits per heavy atom. The SMILES string of the molecule is CCNC(c1ccc(OC)cc1)C(C)N(C)CC(C)C. The highest BCUT2D eigenvalue weighted by Crippen LogP contribution is 2.23. The van der Waals surface area contributed by atoms with Crippen LogP contribution in [0.25, 0.3) is 0 Å². The summed E-state index contributed by atoms with van der Waals surface area (Å²) < 4.78 is 5.24. The minimum atomic E-state index is 0.342. The highest BCUT2D eigenvalue weighted by atomic mass is 16.5. The molecule has 0 heterocycles. The van der Waals surface area contributed by atoms with Crippen LogP contribution in [0.4, 0.5) is 0 Å². The predicted molar refractivity (Wildman–Crippen MR) is 86.3 cm³/mol. The lowest BCUT2D eigenvalue weighted by Gasteiger charge is -2.34. The number of likely N-dealkylation sites (N-methyl/N-ethyl adjacent to an activating group) is 2. The Balaban J connectivity index is 2.85. The average molecular weight is 278 g/mol. The van der Waals surface area contributed by atoms with Crippen LogP contribution in [0.2, 0.25) is 0 Å². The van der Waals surface area contributed by atoms with Crippen molar-refractivity contribution >= 4 is 0 Å². The van der Waals surface area contributed by atoms with Gasteiger partial charge in [-0.05, 0) is 44.1 Å². The van der Waals surface area contributed by atoms with Crippen LogP contribution >= 0.6 is 0 Å². The molecule has 20 heavy (non-hydrogen) atoms. The van der Waals surface area contributed by atoms with Crippen LogP contribution in [0.15, 0.2) is 24.3 Å². The molecule has 0 aliphatic carbocycles. The molecule has 2 unspecified atom stereocenters. The quantitative estimate of drug-likeness (QED) is 0.789. The van der Waals surface area contributed by atoms with Crippen LogP contribution in [-0.4, -0.2) is 38.2 Å². The van der Waals surface area contributed by atoms with Crippen molar-refractivity contribution < 1.29 is 4.74 Å². The number of ether oxygens (including phenoxy) is 1. The maximum Gasteiger partial charge on any atom is 0.118 e. The van der Waals surface area contributed by atoms with Gasteiger partial charge in [0.2, 0.25) is 0 Å². The zero-order chi connectivity index (χ0) is 15.1. The van der Waals surface area contributed by atoms with Crippen LogP contribution in [0.5, 0.6) is 5.75 Å². The Morgan fingerprint density at radius 3 is 2.20 bits per heavy atom. The van der Waals surface area contributed by atoms with Gasteiger partial charge in [-0.15, -0.1) is 0 Å². The number of nitrogens with zero attached hydrogens (tertiary/aromatic N) is 1. The van der Waals surface area contributed by atoms with Gasteiger partial charge in [0, 0.05) is 18.6 Å². The molecule has 0 radical (unpaired) electrons. The summed E-state index contributed by atoms with van der Waals surface area (Å²) in [5, 5.41) is 3.61. The summed E-state index contributed by atoms with van der Waals surface area (Å²) in [5.74, 6) is 1.59. The summed E-state index contributed by atoms with van der Waals surface area (Å²) >= 11 is 0. The maximum absolute atomic E-state index is 5.24. The normalized spacial score (nSPS) is 14.6. The van der Waals surface area contributed by atoms with E-state index in [1.165, 1.54) is 5.56 Å². The first kappa shape index (κ1) is 17.0. The number of rotatable bonds is 8. The van der Waals surface area contributed by atoms with Gasteiger partial charge in [-0.3, -0.25) is 0 Å². The van der Waals surface area contributed by atoms with Gasteiger partial charge in [0.25, 0.3) is 0 Å². The van der Waals surface area contributed by atoms with Crippen molar-refractivity contribution in [3.05, 3.63) is 29.8 Å². The molecule has 1 aromatic carbocycles. The minimum absolute atomic E-state index is 0.342. The Morgan fingerprint density at radius 1 is 1.15 bits per heavy atom. The second-order valence-electron chi connectivity index (χ2n) is 5.88. The number of nitrogens with one attached hydrogen (secondary N) is 1. The van der Waals surface area contributed by atoms with Crippen molar-refractivity contribution in [2.45, 2.75) is 39.8 Å². The average Bonchev–Trinajstić information content (AvgIpc) is 2.43. The van der Waals surface area contributed by atoms with E-state index in [2.05, 4.69) is 57.1 Å². The zero-order valence-corrected chi connectivity index (χ0v) is 13.8. The molecule has 0 amide bonds. The topological polar surface area (TPSA) is 24.5 Å². The number of benzene rings is 1. The van der Waals surface area contributed by atoms with Gasteiger partial charge in [0.1, 0.15) is 5.75 Å². The van der Waals surface area contributed by atoms with Crippen LogP contribution < -0.4 is 10.1 Å². The largest absolute Gasteiger partial charge is 0.497 e. The van der Waals surface area contributed by atoms with Gasteiger partial charge in [-0.2, -0.15) is 0 Å². The number of hydrogen-bond donors (Lipinski definition) is 1. The lowest BCUT2D eigenvalue weighted by atomic mass is 9.98. The van der Waals surface area contributed by atoms with Gasteiger partial charge >= 0.3 is 0 Å². The molecular weight excluding hydrogens is 248 g/mol. The summed E-state index contributed by atoms with van der Waals surface area (Å²) in [6, 6.07) is 9.18. The third-order valence-corrected chi connectivity index (χ3v) is 3.73. The van der Waals surface area contributed by atoms with Gasteiger partial charge in [0.15, 0.2) is 0 Å². The molecule has 0 aliphatic heterocycles. The molecular formula is C17H30N2O. The Kier molecular flexibility index (Phi) is 7.03. The Hall–Kier alpha value is -1.06. The standard InChI is InChI=1S/C17H30N2O/c1-7-18-17(14(4)19(5)12-13(2)3)15-8-10-16(20-6)11-9-15/h8-11,13-14,17-18H,7,12H2,1-6H3. The van der Waals surface area contributed by atoms with E-state index < -0.39 is 0 Å². The molecule has 3 nitrogen and oxygen atoms in total. The van der Waals surface area contributed by atoms with Crippen molar-refractivity contribution in [3.8, 4) is 5.75 Å². The fraction of sp³-hybridized carbons (Fsp3) is 0.647. The fourth-order valence-corrected chi connectivity index (χ4v) is 2.59. The molecule has 0 aliphatic rings. The molecule has 3 heteroatoms. The minimum Gasteiger partial charge on any atom is -0.497 e. The molecule has 1 aromatic rings. The maximum atomic E-state index is 5.24. The number of methoxy groups -OCH3 is 1. The van der Waals surface area contributed by atoms with E-state index in [1.54, 1.807) is 7.11 Å². The van der Waals surface area contributed by atoms with E-state index in [4.69, 9.17) is 4.74 Å². The summed E-state index contributed by atoms with van der Waals surface area (Å²) in [6.07, 6.45) is 0. The molecule has 0 saturated carbocycles. The molecule has 2 atom stereocenters. The van der Waals surface area contributed by atoms with Crippen molar-refractivity contribution in [1.82, 2.24) is 10.2 Å². The van der Waals surface area contributed by atoms with Crippen LogP contribution in [0.3, 0.4) is 0 Å². The molecule has 1 rings (SSSR count). The van der Waals surface area contributed by atoms with Crippen LogP contribution in [0.1, 0.15) is 39.3 Å². The van der Waals surface area contributed by atoms with E-state index in [1.807, 2.05) is 12.1 Å². The molecule has 0 saturated heterocycles. The van der Waals surface area contributed by atoms with E-state index >= 15 is 0 Å². The molecule has 0 spiro atoms. The summed E-state index contributed by atoms with van der Waals surface area (Å²) in [7, 11) is 3.91. The van der Waals surface area contributed by atoms with E-state index in [9.17, 15) is 0 Å². The predicted octanol–water partition coefficient (Wildman–Crippen LogP) is 3.32. The summed E-state index contributed by atoms with van der Waals surface area (Å²) in [5.41, 5.74) is 1.32. The van der Waals surface area contributed by atoms with E-state index in [0.29, 0.717) is 18.0 Å². The summed E-state index contributed by atoms with van der Waals surface area (Å²) in [4.78, 5) is 2.43. The second kappa shape index (κ2) is 8.28. The third-order valence-electron chi connectivity index (χ3n) is 3.73. The molecule has 114 valence electrons. The first-order valence-corrected chi connectivity index (χ1v) is 7.57. The van der Waals surface area contributed by atoms with Crippen LogP contribution in [-0.2, 0) is 0 Å². The van der Waals surface area contributed by atoms with Crippen molar-refractivity contribution in [2.24, 2.45) is 5.92 Å². The lowest BCUT2D eigenvalue weighted by Crippen LogP contribution is -2.42. The Bertz CT molecular complexity index is 375. The van der Waals surface area contributed by atoms with Crippen molar-refractivity contribution in [3.63, 3.8) is 0 Å². The van der Waals surface area contributed by atoms with Crippen LogP contribution in [0, 0.1) is 5.92 Å². The van der Waals surface area contributed by atoms with Gasteiger partial charge in [0.05, 0.1) is 7.11 Å². The monoisotopic (exact) mass is 278 g/mol. The van der Waals surface area contributed by atoms with Gasteiger partial charge in [-0.1, -0.05) is 32.9 Å². The molecule has 1 N–H and O–H groups in total. The summed E-state index contributed by atoms with van der Waals surface area (Å²) in [6.45, 7) is 11.1. The highest BCUT2D eigenvalue weighted by Gasteiger charge is 2.22. The third kappa shape index (κ3) is 4.80. The van der Waals surface area contributed by atoms with Gasteiger partial charge < -0.3 is 15.0 Å². The van der Waals surface area contributed by atoms with E-state index in [-0.39, 0.29) is 0 Å². The smallest absolute Gasteiger partial charge is 0.118 e. The fourth-order valence-electron chi connectivity index (χ4n) is 2.59. The van der Waals surface area contributed by atoms with Gasteiger partial charge in [-0.25, -0.2) is 0 Å². The zero-order valence-electron chi connectivity index (χ0n) is 13.8. The first-order valence-electron chi connectivity index (χ1n) is 7.57. The molecule has 0 aromatic heterocycles. The number of hydrogen-bond acceptors (Lipinski definition) is 3. The van der Waals surface area contributed by atoms with Crippen molar-refractivity contribution in [1.29, 1.82) is 0 Å². The molecule has 0 fully saturated rings.